The van der Waals surface area contributed by atoms with Crippen molar-refractivity contribution in [2.75, 3.05) is 0 Å². The topological polar surface area (TPSA) is 12.9 Å². The maximum atomic E-state index is 6.40. The van der Waals surface area contributed by atoms with Gasteiger partial charge in [-0.25, -0.2) is 4.98 Å². The lowest BCUT2D eigenvalue weighted by atomic mass is 10.0. The average Bonchev–Trinajstić information content (AvgIpc) is 2.63. The number of rotatable bonds is 2. The summed E-state index contributed by atoms with van der Waals surface area (Å²) >= 11 is 6.40. The van der Waals surface area contributed by atoms with E-state index in [2.05, 4.69) is 36.4 Å². The third kappa shape index (κ3) is 2.71. The van der Waals surface area contributed by atoms with E-state index in [4.69, 9.17) is 16.6 Å². The molecule has 0 fully saturated rings. The number of para-hydroxylation sites is 1. The van der Waals surface area contributed by atoms with Gasteiger partial charge >= 0.3 is 0 Å². The first kappa shape index (κ1) is 14.0. The van der Waals surface area contributed by atoms with Crippen molar-refractivity contribution in [3.8, 4) is 22.4 Å². The minimum atomic E-state index is 0.734. The summed E-state index contributed by atoms with van der Waals surface area (Å²) in [6.07, 6.45) is 0. The number of pyridine rings is 1. The molecule has 0 aliphatic carbocycles. The highest BCUT2D eigenvalue weighted by Gasteiger charge is 2.06. The summed E-state index contributed by atoms with van der Waals surface area (Å²) in [5, 5.41) is 1.72. The normalized spacial score (nSPS) is 10.8. The van der Waals surface area contributed by atoms with Crippen molar-refractivity contribution >= 4 is 22.5 Å². The standard InChI is InChI=1S/C21H14ClN/c22-19-14-21(23-20-9-5-4-8-18(19)20)17-12-10-16(11-13-17)15-6-2-1-3-7-15/h1-14H. The molecule has 0 aliphatic heterocycles. The summed E-state index contributed by atoms with van der Waals surface area (Å²) < 4.78 is 0. The van der Waals surface area contributed by atoms with Crippen LogP contribution in [0.1, 0.15) is 0 Å². The number of halogens is 1. The van der Waals surface area contributed by atoms with E-state index >= 15 is 0 Å². The van der Waals surface area contributed by atoms with E-state index in [0.29, 0.717) is 0 Å². The van der Waals surface area contributed by atoms with Crippen LogP contribution in [0.5, 0.6) is 0 Å². The van der Waals surface area contributed by atoms with E-state index in [1.807, 2.05) is 48.5 Å². The Morgan fingerprint density at radius 2 is 1.22 bits per heavy atom. The molecule has 0 aliphatic rings. The molecule has 0 N–H and O–H groups in total. The molecule has 0 saturated heterocycles. The zero-order chi connectivity index (χ0) is 15.6. The average molecular weight is 316 g/mol. The number of fused-ring (bicyclic) bond motifs is 1. The van der Waals surface area contributed by atoms with Gasteiger partial charge in [-0.2, -0.15) is 0 Å². The van der Waals surface area contributed by atoms with E-state index in [9.17, 15) is 0 Å². The fourth-order valence-electron chi connectivity index (χ4n) is 2.74. The van der Waals surface area contributed by atoms with Crippen LogP contribution in [0.25, 0.3) is 33.3 Å². The van der Waals surface area contributed by atoms with Crippen molar-refractivity contribution in [3.05, 3.63) is 90.0 Å². The Morgan fingerprint density at radius 3 is 2.00 bits per heavy atom. The SMILES string of the molecule is Clc1cc(-c2ccc(-c3ccccc3)cc2)nc2ccccc12. The van der Waals surface area contributed by atoms with Gasteiger partial charge in [0.1, 0.15) is 0 Å². The van der Waals surface area contributed by atoms with Crippen LogP contribution >= 0.6 is 11.6 Å². The van der Waals surface area contributed by atoms with Gasteiger partial charge in [-0.1, -0.05) is 84.4 Å². The molecule has 0 radical (unpaired) electrons. The van der Waals surface area contributed by atoms with Gasteiger partial charge in [-0.3, -0.25) is 0 Å². The molecular formula is C21H14ClN. The maximum absolute atomic E-state index is 6.40. The van der Waals surface area contributed by atoms with Crippen molar-refractivity contribution in [3.63, 3.8) is 0 Å². The molecule has 0 bridgehead atoms. The van der Waals surface area contributed by atoms with E-state index in [-0.39, 0.29) is 0 Å². The van der Waals surface area contributed by atoms with Gasteiger partial charge in [-0.05, 0) is 23.3 Å². The van der Waals surface area contributed by atoms with Crippen LogP contribution in [0, 0.1) is 0 Å². The van der Waals surface area contributed by atoms with Gasteiger partial charge in [0.15, 0.2) is 0 Å². The zero-order valence-electron chi connectivity index (χ0n) is 12.4. The molecule has 110 valence electrons. The number of benzene rings is 3. The molecule has 1 nitrogen and oxygen atoms in total. The van der Waals surface area contributed by atoms with Crippen LogP contribution in [-0.4, -0.2) is 4.98 Å². The molecule has 23 heavy (non-hydrogen) atoms. The first-order valence-electron chi connectivity index (χ1n) is 7.52. The second kappa shape index (κ2) is 5.86. The summed E-state index contributed by atoms with van der Waals surface area (Å²) in [6.45, 7) is 0. The van der Waals surface area contributed by atoms with E-state index in [0.717, 1.165) is 27.2 Å². The molecular weight excluding hydrogens is 302 g/mol. The molecule has 0 unspecified atom stereocenters. The number of hydrogen-bond acceptors (Lipinski definition) is 1. The summed E-state index contributed by atoms with van der Waals surface area (Å²) in [4.78, 5) is 4.72. The Bertz CT molecular complexity index is 960. The Hall–Kier alpha value is -2.64. The third-order valence-corrected chi connectivity index (χ3v) is 4.27. The summed E-state index contributed by atoms with van der Waals surface area (Å²) in [5.41, 5.74) is 5.29. The smallest absolute Gasteiger partial charge is 0.0724 e. The zero-order valence-corrected chi connectivity index (χ0v) is 13.2. The summed E-state index contributed by atoms with van der Waals surface area (Å²) in [6, 6.07) is 28.6. The monoisotopic (exact) mass is 315 g/mol. The first-order valence-corrected chi connectivity index (χ1v) is 7.90. The molecule has 0 atom stereocenters. The lowest BCUT2D eigenvalue weighted by Crippen LogP contribution is -1.87. The minimum Gasteiger partial charge on any atom is -0.248 e. The number of aromatic nitrogens is 1. The van der Waals surface area contributed by atoms with E-state index in [1.54, 1.807) is 0 Å². The highest BCUT2D eigenvalue weighted by Crippen LogP contribution is 2.29. The number of nitrogens with zero attached hydrogens (tertiary/aromatic N) is 1. The molecule has 0 amide bonds. The van der Waals surface area contributed by atoms with Crippen LogP contribution in [0.2, 0.25) is 5.02 Å². The van der Waals surface area contributed by atoms with Crippen molar-refractivity contribution in [1.82, 2.24) is 4.98 Å². The van der Waals surface area contributed by atoms with Crippen LogP contribution < -0.4 is 0 Å². The predicted octanol–water partition coefficient (Wildman–Crippen LogP) is 6.22. The Kier molecular flexibility index (Phi) is 3.57. The highest BCUT2D eigenvalue weighted by atomic mass is 35.5. The van der Waals surface area contributed by atoms with Crippen LogP contribution in [0.15, 0.2) is 84.9 Å². The highest BCUT2D eigenvalue weighted by molar-refractivity contribution is 6.35. The molecule has 4 aromatic rings. The Morgan fingerprint density at radius 1 is 0.609 bits per heavy atom. The van der Waals surface area contributed by atoms with Crippen LogP contribution in [0.4, 0.5) is 0 Å². The van der Waals surface area contributed by atoms with Crippen molar-refractivity contribution in [1.29, 1.82) is 0 Å². The number of hydrogen-bond donors (Lipinski definition) is 0. The molecule has 0 spiro atoms. The molecule has 3 aromatic carbocycles. The molecule has 0 saturated carbocycles. The van der Waals surface area contributed by atoms with Crippen LogP contribution in [-0.2, 0) is 0 Å². The van der Waals surface area contributed by atoms with Crippen LogP contribution in [0.3, 0.4) is 0 Å². The van der Waals surface area contributed by atoms with Gasteiger partial charge in [0, 0.05) is 10.9 Å². The van der Waals surface area contributed by atoms with Gasteiger partial charge < -0.3 is 0 Å². The fourth-order valence-corrected chi connectivity index (χ4v) is 3.01. The second-order valence-corrected chi connectivity index (χ2v) is 5.86. The lowest BCUT2D eigenvalue weighted by Gasteiger charge is -2.07. The quantitative estimate of drug-likeness (QED) is 0.428. The largest absolute Gasteiger partial charge is 0.248 e. The molecule has 2 heteroatoms. The van der Waals surface area contributed by atoms with Gasteiger partial charge in [0.05, 0.1) is 16.2 Å². The maximum Gasteiger partial charge on any atom is 0.0724 e. The third-order valence-electron chi connectivity index (χ3n) is 3.95. The molecule has 4 rings (SSSR count). The lowest BCUT2D eigenvalue weighted by molar-refractivity contribution is 1.40. The Balaban J connectivity index is 1.76. The van der Waals surface area contributed by atoms with Crippen molar-refractivity contribution in [2.24, 2.45) is 0 Å². The first-order chi connectivity index (χ1) is 11.3. The van der Waals surface area contributed by atoms with E-state index in [1.165, 1.54) is 11.1 Å². The van der Waals surface area contributed by atoms with Gasteiger partial charge in [0.25, 0.3) is 0 Å². The summed E-state index contributed by atoms with van der Waals surface area (Å²) in [5.74, 6) is 0. The molecule has 1 heterocycles. The second-order valence-electron chi connectivity index (χ2n) is 5.45. The van der Waals surface area contributed by atoms with Gasteiger partial charge in [0.2, 0.25) is 0 Å². The minimum absolute atomic E-state index is 0.734. The Labute approximate surface area is 140 Å². The van der Waals surface area contributed by atoms with E-state index < -0.39 is 0 Å². The van der Waals surface area contributed by atoms with Crippen molar-refractivity contribution < 1.29 is 0 Å². The molecule has 1 aromatic heterocycles. The summed E-state index contributed by atoms with van der Waals surface area (Å²) in [7, 11) is 0. The van der Waals surface area contributed by atoms with Gasteiger partial charge in [-0.15, -0.1) is 0 Å². The fraction of sp³-hybridized carbons (Fsp3) is 0. The van der Waals surface area contributed by atoms with Crippen molar-refractivity contribution in [2.45, 2.75) is 0 Å². The predicted molar refractivity (Wildman–Crippen MR) is 97.6 cm³/mol.